The average Bonchev–Trinajstić information content (AvgIpc) is 2.65. The molecular weight excluding hydrogens is 352 g/mol. The molecule has 2 nitrogen and oxygen atoms in total. The van der Waals surface area contributed by atoms with Crippen LogP contribution in [0.4, 0.5) is 0 Å². The van der Waals surface area contributed by atoms with Gasteiger partial charge < -0.3 is 10.2 Å². The maximum absolute atomic E-state index is 8.92. The summed E-state index contributed by atoms with van der Waals surface area (Å²) in [5.74, 6) is 1.98. The van der Waals surface area contributed by atoms with Crippen LogP contribution < -0.4 is 0 Å². The summed E-state index contributed by atoms with van der Waals surface area (Å²) in [6, 6.07) is 15.3. The summed E-state index contributed by atoms with van der Waals surface area (Å²) >= 11 is 1.89. The minimum Gasteiger partial charge on any atom is -0.396 e. The van der Waals surface area contributed by atoms with Crippen LogP contribution in [0.5, 0.6) is 0 Å². The Morgan fingerprint density at radius 3 is 2.48 bits per heavy atom. The van der Waals surface area contributed by atoms with Gasteiger partial charge in [-0.2, -0.15) is 11.8 Å². The predicted octanol–water partition coefficient (Wildman–Crippen LogP) is 5.95. The zero-order valence-corrected chi connectivity index (χ0v) is 17.4. The van der Waals surface area contributed by atoms with Gasteiger partial charge in [0.05, 0.1) is 0 Å². The average molecular weight is 383 g/mol. The van der Waals surface area contributed by atoms with Gasteiger partial charge in [0.15, 0.2) is 0 Å². The Kier molecular flexibility index (Phi) is 8.36. The lowest BCUT2D eigenvalue weighted by atomic mass is 9.93. The van der Waals surface area contributed by atoms with Gasteiger partial charge in [0, 0.05) is 18.5 Å². The fourth-order valence-corrected chi connectivity index (χ4v) is 4.08. The number of benzene rings is 3. The second kappa shape index (κ2) is 10.5. The molecule has 0 atom stereocenters. The molecule has 0 aliphatic heterocycles. The van der Waals surface area contributed by atoms with Crippen molar-refractivity contribution in [1.82, 2.24) is 0 Å². The maximum atomic E-state index is 8.92. The van der Waals surface area contributed by atoms with E-state index in [0.717, 1.165) is 17.9 Å². The largest absolute Gasteiger partial charge is 0.396 e. The first-order chi connectivity index (χ1) is 13.0. The van der Waals surface area contributed by atoms with Crippen LogP contribution in [0.3, 0.4) is 0 Å². The number of aliphatic hydroxyl groups excluding tert-OH is 2. The van der Waals surface area contributed by atoms with E-state index in [1.165, 1.54) is 38.2 Å². The Balaban J connectivity index is 0.000000596. The number of rotatable bonds is 6. The van der Waals surface area contributed by atoms with Gasteiger partial charge in [0.25, 0.3) is 0 Å². The molecule has 2 N–H and O–H groups in total. The molecule has 144 valence electrons. The van der Waals surface area contributed by atoms with Crippen LogP contribution in [-0.2, 0) is 5.75 Å². The van der Waals surface area contributed by atoms with Crippen molar-refractivity contribution < 1.29 is 10.2 Å². The van der Waals surface area contributed by atoms with Crippen LogP contribution in [0.2, 0.25) is 0 Å². The molecule has 0 spiro atoms. The highest BCUT2D eigenvalue weighted by Gasteiger charge is 2.09. The normalized spacial score (nSPS) is 10.9. The van der Waals surface area contributed by atoms with Crippen LogP contribution in [0.15, 0.2) is 49.0 Å². The van der Waals surface area contributed by atoms with Crippen LogP contribution in [0, 0.1) is 6.92 Å². The lowest BCUT2D eigenvalue weighted by molar-refractivity contribution is 0.216. The number of fused-ring (bicyclic) bond motifs is 3. The summed E-state index contributed by atoms with van der Waals surface area (Å²) in [7, 11) is 0. The van der Waals surface area contributed by atoms with Gasteiger partial charge >= 0.3 is 0 Å². The SMILES string of the molecule is C=Cc1cccc2ccc3c(CSCCCO)ccc(C)c3c12.CC(C)O. The molecule has 3 aromatic carbocycles. The third kappa shape index (κ3) is 5.58. The van der Waals surface area contributed by atoms with Crippen molar-refractivity contribution in [2.75, 3.05) is 12.4 Å². The predicted molar refractivity (Wildman–Crippen MR) is 122 cm³/mol. The van der Waals surface area contributed by atoms with Crippen LogP contribution in [-0.4, -0.2) is 28.7 Å². The third-order valence-corrected chi connectivity index (χ3v) is 5.37. The van der Waals surface area contributed by atoms with Crippen molar-refractivity contribution in [2.45, 2.75) is 39.0 Å². The highest BCUT2D eigenvalue weighted by Crippen LogP contribution is 2.34. The first kappa shape index (κ1) is 21.5. The van der Waals surface area contributed by atoms with E-state index in [1.54, 1.807) is 13.8 Å². The van der Waals surface area contributed by atoms with Gasteiger partial charge in [0.2, 0.25) is 0 Å². The number of hydrogen-bond acceptors (Lipinski definition) is 3. The molecule has 0 saturated heterocycles. The second-order valence-electron chi connectivity index (χ2n) is 6.90. The molecular formula is C24H30O2S. The van der Waals surface area contributed by atoms with Crippen LogP contribution >= 0.6 is 11.8 Å². The zero-order valence-electron chi connectivity index (χ0n) is 16.5. The fraction of sp³-hybridized carbons (Fsp3) is 0.333. The van der Waals surface area contributed by atoms with Gasteiger partial charge in [-0.15, -0.1) is 0 Å². The van der Waals surface area contributed by atoms with E-state index in [-0.39, 0.29) is 12.7 Å². The summed E-state index contributed by atoms with van der Waals surface area (Å²) in [6.45, 7) is 9.88. The summed E-state index contributed by atoms with van der Waals surface area (Å²) < 4.78 is 0. The molecule has 0 saturated carbocycles. The number of aliphatic hydroxyl groups is 2. The van der Waals surface area contributed by atoms with Crippen molar-refractivity contribution in [3.63, 3.8) is 0 Å². The van der Waals surface area contributed by atoms with Crippen molar-refractivity contribution in [2.24, 2.45) is 0 Å². The molecule has 0 bridgehead atoms. The lowest BCUT2D eigenvalue weighted by Gasteiger charge is -2.13. The van der Waals surface area contributed by atoms with Crippen molar-refractivity contribution in [3.8, 4) is 0 Å². The molecule has 3 heteroatoms. The van der Waals surface area contributed by atoms with E-state index in [2.05, 4.69) is 56.0 Å². The fourth-order valence-electron chi connectivity index (χ4n) is 3.13. The molecule has 0 aromatic heterocycles. The zero-order chi connectivity index (χ0) is 19.8. The molecule has 0 aliphatic rings. The van der Waals surface area contributed by atoms with Gasteiger partial charge in [-0.25, -0.2) is 0 Å². The van der Waals surface area contributed by atoms with Crippen molar-refractivity contribution in [3.05, 3.63) is 65.7 Å². The van der Waals surface area contributed by atoms with Crippen LogP contribution in [0.1, 0.15) is 37.0 Å². The summed E-state index contributed by atoms with van der Waals surface area (Å²) in [6.07, 6.45) is 2.64. The quantitative estimate of drug-likeness (QED) is 0.409. The van der Waals surface area contributed by atoms with Crippen LogP contribution in [0.25, 0.3) is 27.6 Å². The minimum absolute atomic E-state index is 0.167. The minimum atomic E-state index is -0.167. The Morgan fingerprint density at radius 2 is 1.81 bits per heavy atom. The summed E-state index contributed by atoms with van der Waals surface area (Å²) in [5.41, 5.74) is 3.87. The Morgan fingerprint density at radius 1 is 1.07 bits per heavy atom. The molecule has 0 unspecified atom stereocenters. The monoisotopic (exact) mass is 382 g/mol. The molecule has 0 amide bonds. The van der Waals surface area contributed by atoms with E-state index < -0.39 is 0 Å². The molecule has 0 fully saturated rings. The standard InChI is InChI=1S/C21H22OS.C3H8O/c1-3-16-6-4-7-17-10-11-19-18(14-23-13-5-12-22)9-8-15(2)20(19)21(16)17;1-3(2)4/h3-4,6-11,22H,1,5,12-14H2,2H3;3-4H,1-2H3. The first-order valence-electron chi connectivity index (χ1n) is 9.42. The molecule has 0 radical (unpaired) electrons. The molecule has 3 rings (SSSR count). The number of aryl methyl sites for hydroxylation is 1. The van der Waals surface area contributed by atoms with Gasteiger partial charge in [-0.1, -0.05) is 55.1 Å². The van der Waals surface area contributed by atoms with Gasteiger partial charge in [-0.05, 0) is 71.2 Å². The number of hydrogen-bond donors (Lipinski definition) is 2. The topological polar surface area (TPSA) is 40.5 Å². The molecule has 3 aromatic rings. The Labute approximate surface area is 166 Å². The third-order valence-electron chi connectivity index (χ3n) is 4.28. The summed E-state index contributed by atoms with van der Waals surface area (Å²) in [5, 5.41) is 22.2. The maximum Gasteiger partial charge on any atom is 0.0483 e. The van der Waals surface area contributed by atoms with E-state index >= 15 is 0 Å². The highest BCUT2D eigenvalue weighted by atomic mass is 32.2. The lowest BCUT2D eigenvalue weighted by Crippen LogP contribution is -1.92. The van der Waals surface area contributed by atoms with Crippen molar-refractivity contribution >= 4 is 39.4 Å². The van der Waals surface area contributed by atoms with E-state index in [1.807, 2.05) is 17.8 Å². The molecule has 0 heterocycles. The molecule has 27 heavy (non-hydrogen) atoms. The van der Waals surface area contributed by atoms with E-state index in [9.17, 15) is 0 Å². The van der Waals surface area contributed by atoms with Gasteiger partial charge in [-0.3, -0.25) is 0 Å². The second-order valence-corrected chi connectivity index (χ2v) is 8.01. The van der Waals surface area contributed by atoms with Crippen molar-refractivity contribution in [1.29, 1.82) is 0 Å². The number of thioether (sulfide) groups is 1. The van der Waals surface area contributed by atoms with E-state index in [4.69, 9.17) is 10.2 Å². The highest BCUT2D eigenvalue weighted by molar-refractivity contribution is 7.98. The molecule has 0 aliphatic carbocycles. The van der Waals surface area contributed by atoms with E-state index in [0.29, 0.717) is 0 Å². The summed E-state index contributed by atoms with van der Waals surface area (Å²) in [4.78, 5) is 0. The van der Waals surface area contributed by atoms with Gasteiger partial charge in [0.1, 0.15) is 0 Å². The Hall–Kier alpha value is -1.81. The Bertz CT molecular complexity index is 897. The smallest absolute Gasteiger partial charge is 0.0483 e. The first-order valence-corrected chi connectivity index (χ1v) is 10.6.